The third kappa shape index (κ3) is 2.52. The molecule has 1 heterocycles. The molecule has 0 aliphatic carbocycles. The molecule has 0 saturated heterocycles. The number of benzene rings is 1. The van der Waals surface area contributed by atoms with Gasteiger partial charge in [-0.3, -0.25) is 4.21 Å². The van der Waals surface area contributed by atoms with Crippen LogP contribution in [0.25, 0.3) is 11.0 Å². The largest absolute Gasteiger partial charge is 0.369 e. The summed E-state index contributed by atoms with van der Waals surface area (Å²) in [6.45, 7) is 2.05. The Kier molecular flexibility index (Phi) is 3.92. The standard InChI is InChI=1S/C12H16ClN3OS/c1-8(6-7-18(2)17)16-10-5-3-4-9(13)11(10)15-12(16)14/h3-5,8H,6-7H2,1-2H3,(H2,14,15). The summed E-state index contributed by atoms with van der Waals surface area (Å²) in [7, 11) is -0.793. The van der Waals surface area contributed by atoms with Crippen molar-refractivity contribution in [3.05, 3.63) is 23.2 Å². The molecule has 1 aromatic heterocycles. The molecular formula is C12H16ClN3OS. The van der Waals surface area contributed by atoms with Crippen molar-refractivity contribution in [3.8, 4) is 0 Å². The maximum Gasteiger partial charge on any atom is 0.201 e. The fourth-order valence-corrected chi connectivity index (χ4v) is 2.91. The third-order valence-corrected chi connectivity index (χ3v) is 4.08. The molecule has 1 aromatic carbocycles. The van der Waals surface area contributed by atoms with E-state index >= 15 is 0 Å². The van der Waals surface area contributed by atoms with Gasteiger partial charge in [0.1, 0.15) is 5.52 Å². The van der Waals surface area contributed by atoms with E-state index in [1.165, 1.54) is 0 Å². The zero-order chi connectivity index (χ0) is 13.3. The fraction of sp³-hybridized carbons (Fsp3) is 0.417. The minimum Gasteiger partial charge on any atom is -0.369 e. The predicted molar refractivity (Wildman–Crippen MR) is 77.4 cm³/mol. The van der Waals surface area contributed by atoms with Gasteiger partial charge in [0, 0.05) is 28.9 Å². The fourth-order valence-electron chi connectivity index (χ4n) is 2.03. The van der Waals surface area contributed by atoms with E-state index in [4.69, 9.17) is 17.3 Å². The summed E-state index contributed by atoms with van der Waals surface area (Å²) >= 11 is 6.09. The molecule has 0 bridgehead atoms. The summed E-state index contributed by atoms with van der Waals surface area (Å²) in [6.07, 6.45) is 2.50. The van der Waals surface area contributed by atoms with Crippen molar-refractivity contribution in [2.75, 3.05) is 17.7 Å². The average molecular weight is 286 g/mol. The SMILES string of the molecule is CC(CCS(C)=O)n1c(N)nc2c(Cl)cccc21. The number of rotatable bonds is 4. The molecule has 18 heavy (non-hydrogen) atoms. The second-order valence-electron chi connectivity index (χ2n) is 4.36. The van der Waals surface area contributed by atoms with Gasteiger partial charge < -0.3 is 10.3 Å². The quantitative estimate of drug-likeness (QED) is 0.939. The number of halogens is 1. The van der Waals surface area contributed by atoms with Crippen molar-refractivity contribution >= 4 is 39.4 Å². The van der Waals surface area contributed by atoms with Crippen LogP contribution in [0.3, 0.4) is 0 Å². The van der Waals surface area contributed by atoms with Gasteiger partial charge in [-0.2, -0.15) is 0 Å². The molecule has 2 aromatic rings. The number of aromatic nitrogens is 2. The summed E-state index contributed by atoms with van der Waals surface area (Å²) in [4.78, 5) is 4.29. The van der Waals surface area contributed by atoms with Gasteiger partial charge in [-0.05, 0) is 25.5 Å². The second-order valence-corrected chi connectivity index (χ2v) is 6.32. The Hall–Kier alpha value is -1.07. The molecule has 2 unspecified atom stereocenters. The maximum atomic E-state index is 11.2. The molecule has 0 amide bonds. The smallest absolute Gasteiger partial charge is 0.201 e. The van der Waals surface area contributed by atoms with Gasteiger partial charge in [0.15, 0.2) is 0 Å². The highest BCUT2D eigenvalue weighted by atomic mass is 35.5. The summed E-state index contributed by atoms with van der Waals surface area (Å²) in [5.41, 5.74) is 7.60. The molecule has 4 nitrogen and oxygen atoms in total. The molecule has 2 atom stereocenters. The molecule has 0 fully saturated rings. The van der Waals surface area contributed by atoms with E-state index in [-0.39, 0.29) is 6.04 Å². The Balaban J connectivity index is 2.41. The van der Waals surface area contributed by atoms with Crippen LogP contribution in [0.4, 0.5) is 5.95 Å². The average Bonchev–Trinajstić information content (AvgIpc) is 2.64. The molecule has 0 aliphatic rings. The van der Waals surface area contributed by atoms with E-state index < -0.39 is 10.8 Å². The van der Waals surface area contributed by atoms with Crippen molar-refractivity contribution in [1.82, 2.24) is 9.55 Å². The maximum absolute atomic E-state index is 11.2. The van der Waals surface area contributed by atoms with E-state index in [0.717, 1.165) is 17.5 Å². The zero-order valence-electron chi connectivity index (χ0n) is 10.4. The number of para-hydroxylation sites is 1. The van der Waals surface area contributed by atoms with Crippen LogP contribution >= 0.6 is 11.6 Å². The van der Waals surface area contributed by atoms with Crippen LogP contribution in [0.5, 0.6) is 0 Å². The predicted octanol–water partition coefficient (Wildman–Crippen LogP) is 2.60. The van der Waals surface area contributed by atoms with Crippen molar-refractivity contribution in [2.45, 2.75) is 19.4 Å². The van der Waals surface area contributed by atoms with Crippen molar-refractivity contribution < 1.29 is 4.21 Å². The lowest BCUT2D eigenvalue weighted by molar-refractivity contribution is 0.552. The lowest BCUT2D eigenvalue weighted by Crippen LogP contribution is -2.11. The van der Waals surface area contributed by atoms with Gasteiger partial charge in [0.05, 0.1) is 10.5 Å². The van der Waals surface area contributed by atoms with Crippen LogP contribution in [-0.4, -0.2) is 25.8 Å². The monoisotopic (exact) mass is 285 g/mol. The lowest BCUT2D eigenvalue weighted by atomic mass is 10.2. The number of hydrogen-bond donors (Lipinski definition) is 1. The Morgan fingerprint density at radius 1 is 1.56 bits per heavy atom. The van der Waals surface area contributed by atoms with Crippen molar-refractivity contribution in [3.63, 3.8) is 0 Å². The summed E-state index contributed by atoms with van der Waals surface area (Å²) in [5, 5.41) is 0.601. The molecule has 0 saturated carbocycles. The van der Waals surface area contributed by atoms with Crippen molar-refractivity contribution in [1.29, 1.82) is 0 Å². The number of anilines is 1. The normalized spacial score (nSPS) is 14.8. The first-order valence-electron chi connectivity index (χ1n) is 5.72. The number of imidazole rings is 1. The van der Waals surface area contributed by atoms with Crippen LogP contribution in [0.2, 0.25) is 5.02 Å². The second kappa shape index (κ2) is 5.28. The summed E-state index contributed by atoms with van der Waals surface area (Å²) in [5.74, 6) is 1.10. The topological polar surface area (TPSA) is 60.9 Å². The van der Waals surface area contributed by atoms with E-state index in [2.05, 4.69) is 4.98 Å². The Morgan fingerprint density at radius 3 is 2.94 bits per heavy atom. The van der Waals surface area contributed by atoms with Crippen LogP contribution in [0, 0.1) is 0 Å². The van der Waals surface area contributed by atoms with Gasteiger partial charge in [0.2, 0.25) is 5.95 Å². The molecule has 0 aliphatic heterocycles. The van der Waals surface area contributed by atoms with E-state index in [9.17, 15) is 4.21 Å². The Labute approximate surface area is 114 Å². The molecule has 2 rings (SSSR count). The van der Waals surface area contributed by atoms with Gasteiger partial charge in [0.25, 0.3) is 0 Å². The van der Waals surface area contributed by atoms with Gasteiger partial charge in [-0.25, -0.2) is 4.98 Å². The van der Waals surface area contributed by atoms with Crippen LogP contribution < -0.4 is 5.73 Å². The third-order valence-electron chi connectivity index (χ3n) is 2.96. The van der Waals surface area contributed by atoms with Crippen LogP contribution in [0.1, 0.15) is 19.4 Å². The molecule has 0 spiro atoms. The molecule has 98 valence electrons. The number of nitrogen functional groups attached to an aromatic ring is 1. The molecule has 0 radical (unpaired) electrons. The Bertz CT molecular complexity index is 596. The number of fused-ring (bicyclic) bond motifs is 1. The molecule has 6 heteroatoms. The highest BCUT2D eigenvalue weighted by Gasteiger charge is 2.15. The highest BCUT2D eigenvalue weighted by Crippen LogP contribution is 2.28. The van der Waals surface area contributed by atoms with E-state index in [0.29, 0.717) is 16.7 Å². The van der Waals surface area contributed by atoms with Gasteiger partial charge in [-0.15, -0.1) is 0 Å². The zero-order valence-corrected chi connectivity index (χ0v) is 12.0. The van der Waals surface area contributed by atoms with E-state index in [1.54, 1.807) is 12.3 Å². The first-order chi connectivity index (χ1) is 8.50. The molecule has 2 N–H and O–H groups in total. The summed E-state index contributed by atoms with van der Waals surface area (Å²) in [6, 6.07) is 5.78. The number of nitrogens with two attached hydrogens (primary N) is 1. The molecular weight excluding hydrogens is 270 g/mol. The number of nitrogens with zero attached hydrogens (tertiary/aromatic N) is 2. The summed E-state index contributed by atoms with van der Waals surface area (Å²) < 4.78 is 13.1. The minimum atomic E-state index is -0.793. The van der Waals surface area contributed by atoms with Crippen molar-refractivity contribution in [2.24, 2.45) is 0 Å². The first kappa shape index (κ1) is 13.4. The van der Waals surface area contributed by atoms with E-state index in [1.807, 2.05) is 23.6 Å². The highest BCUT2D eigenvalue weighted by molar-refractivity contribution is 7.84. The van der Waals surface area contributed by atoms with Crippen LogP contribution in [0.15, 0.2) is 18.2 Å². The van der Waals surface area contributed by atoms with Gasteiger partial charge >= 0.3 is 0 Å². The van der Waals surface area contributed by atoms with Gasteiger partial charge in [-0.1, -0.05) is 17.7 Å². The first-order valence-corrected chi connectivity index (χ1v) is 7.83. The number of hydrogen-bond acceptors (Lipinski definition) is 3. The lowest BCUT2D eigenvalue weighted by Gasteiger charge is -2.15. The minimum absolute atomic E-state index is 0.150. The Morgan fingerprint density at radius 2 is 2.28 bits per heavy atom. The van der Waals surface area contributed by atoms with Crippen LogP contribution in [-0.2, 0) is 10.8 Å².